The summed E-state index contributed by atoms with van der Waals surface area (Å²) in [4.78, 5) is 0. The van der Waals surface area contributed by atoms with E-state index in [-0.39, 0.29) is 0 Å². The van der Waals surface area contributed by atoms with Crippen LogP contribution in [0.4, 0.5) is 0 Å². The van der Waals surface area contributed by atoms with E-state index >= 15 is 0 Å². The summed E-state index contributed by atoms with van der Waals surface area (Å²) in [5.41, 5.74) is 16.1. The van der Waals surface area contributed by atoms with Gasteiger partial charge in [0.15, 0.2) is 0 Å². The lowest BCUT2D eigenvalue weighted by molar-refractivity contribution is 1.48. The van der Waals surface area contributed by atoms with Crippen LogP contribution in [0.2, 0.25) is 0 Å². The highest BCUT2D eigenvalue weighted by Gasteiger charge is 2.13. The van der Waals surface area contributed by atoms with Gasteiger partial charge in [0.05, 0.1) is 0 Å². The van der Waals surface area contributed by atoms with Crippen LogP contribution < -0.4 is 0 Å². The maximum absolute atomic E-state index is 2.27. The summed E-state index contributed by atoms with van der Waals surface area (Å²) in [6.45, 7) is 25.6. The molecule has 0 saturated carbocycles. The Labute approximate surface area is 855 Å². The predicted octanol–water partition coefficient (Wildman–Crippen LogP) is 42.9. The summed E-state index contributed by atoms with van der Waals surface area (Å²) in [6.07, 6.45) is 0. The van der Waals surface area contributed by atoms with E-state index in [9.17, 15) is 0 Å². The fourth-order valence-corrected chi connectivity index (χ4v) is 26.5. The Morgan fingerprint density at radius 1 is 0.107 bits per heavy atom. The van der Waals surface area contributed by atoms with Crippen LogP contribution in [0.15, 0.2) is 461 Å². The molecule has 0 nitrogen and oxygen atoms in total. The van der Waals surface area contributed by atoms with Crippen molar-refractivity contribution >= 4 is 252 Å². The molecule has 0 spiro atoms. The molecule has 0 fully saturated rings. The SMILES string of the molecule is Cc1ccc2c(c1)sc1ccccc12.Cc1ccc2c(c1)sc1ccccc12.Cc1ccc2sc3ccccc3c2c1.Cc1ccc2sc3ccccc3c2c1.Cc1cccc2c1sc1ccccc12.Cc1cccc2c1sc1ccccc12.Cc1cccc2sc3ccccc3c12.Cc1cccc2sc3ccccc3c12.Cc1ccccc1.Cc1ccccc1.Cc1ccccc1.Cc1ccccc1. The van der Waals surface area contributed by atoms with E-state index in [0.717, 1.165) is 0 Å². The van der Waals surface area contributed by atoms with Crippen molar-refractivity contribution in [2.75, 3.05) is 0 Å². The molecule has 0 N–H and O–H groups in total. The average molecular weight is 1950 g/mol. The fraction of sp³-hybridized carbons (Fsp3) is 0.0909. The van der Waals surface area contributed by atoms with Gasteiger partial charge < -0.3 is 0 Å². The molecule has 28 aromatic rings. The van der Waals surface area contributed by atoms with Gasteiger partial charge in [0.25, 0.3) is 0 Å². The van der Waals surface area contributed by atoms with E-state index in [2.05, 4.69) is 471 Å². The number of aryl methyl sites for hydroxylation is 12. The van der Waals surface area contributed by atoms with Gasteiger partial charge in [-0.1, -0.05) is 397 Å². The number of thiophene rings is 8. The van der Waals surface area contributed by atoms with Crippen molar-refractivity contribution in [3.63, 3.8) is 0 Å². The molecule has 0 radical (unpaired) electrons. The van der Waals surface area contributed by atoms with Crippen molar-refractivity contribution in [1.82, 2.24) is 0 Å². The Kier molecular flexibility index (Phi) is 33.0. The highest BCUT2D eigenvalue weighted by atomic mass is 32.1. The third-order valence-electron chi connectivity index (χ3n) is 24.3. The molecule has 0 bridgehead atoms. The van der Waals surface area contributed by atoms with Gasteiger partial charge >= 0.3 is 0 Å². The first-order valence-corrected chi connectivity index (χ1v) is 54.0. The average Bonchev–Trinajstić information content (AvgIpc) is 1.63. The zero-order valence-electron chi connectivity index (χ0n) is 81.1. The molecular weight excluding hydrogens is 1840 g/mol. The lowest BCUT2D eigenvalue weighted by atomic mass is 10.1. The molecule has 0 aliphatic heterocycles. The van der Waals surface area contributed by atoms with Crippen molar-refractivity contribution in [3.8, 4) is 0 Å². The standard InChI is InChI=1S/8C13H10S.4C7H8/c2*1-9-5-4-7-11-10-6-2-3-8-12(10)14-13(9)11;2*1-9-5-4-8-12-13(9)10-6-2-3-7-11(10)14-12;2*1-9-6-7-13-11(8-9)10-4-2-3-5-12(10)14-13;2*1-9-6-7-11-10-4-2-3-5-12(10)14-13(11)8-9;4*1-7-5-3-2-4-6-7/h8*2-8H,1H3;4*2-6H,1H3. The Morgan fingerprint density at radius 2 is 0.300 bits per heavy atom. The summed E-state index contributed by atoms with van der Waals surface area (Å²) in [7, 11) is 0. The fourth-order valence-electron chi connectivity index (χ4n) is 17.2. The van der Waals surface area contributed by atoms with Gasteiger partial charge in [0.2, 0.25) is 0 Å². The van der Waals surface area contributed by atoms with Crippen LogP contribution in [-0.4, -0.2) is 0 Å². The van der Waals surface area contributed by atoms with Gasteiger partial charge in [-0.2, -0.15) is 0 Å². The van der Waals surface area contributed by atoms with E-state index in [1.807, 2.05) is 163 Å². The van der Waals surface area contributed by atoms with E-state index in [4.69, 9.17) is 0 Å². The maximum atomic E-state index is 2.27. The van der Waals surface area contributed by atoms with Crippen LogP contribution >= 0.6 is 90.7 Å². The first-order chi connectivity index (χ1) is 68.4. The maximum Gasteiger partial charge on any atom is 0.0384 e. The van der Waals surface area contributed by atoms with E-state index < -0.39 is 0 Å². The summed E-state index contributed by atoms with van der Waals surface area (Å²) in [6, 6.07) is 163. The quantitative estimate of drug-likeness (QED) is 0.142. The lowest BCUT2D eigenvalue weighted by Crippen LogP contribution is -1.72. The summed E-state index contributed by atoms with van der Waals surface area (Å²) in [5.74, 6) is 0. The Morgan fingerprint density at radius 3 is 0.600 bits per heavy atom. The molecule has 140 heavy (non-hydrogen) atoms. The number of rotatable bonds is 0. The Bertz CT molecular complexity index is 8310. The molecule has 20 aromatic carbocycles. The topological polar surface area (TPSA) is 0 Å². The molecule has 8 heterocycles. The number of hydrogen-bond acceptors (Lipinski definition) is 8. The molecule has 0 atom stereocenters. The zero-order valence-corrected chi connectivity index (χ0v) is 87.7. The predicted molar refractivity (Wildman–Crippen MR) is 637 cm³/mol. The second-order valence-electron chi connectivity index (χ2n) is 35.2. The van der Waals surface area contributed by atoms with Crippen LogP contribution in [0.1, 0.15) is 66.8 Å². The molecular formula is C132H112S8. The van der Waals surface area contributed by atoms with Gasteiger partial charge in [-0.3, -0.25) is 0 Å². The smallest absolute Gasteiger partial charge is 0.0384 e. The number of fused-ring (bicyclic) bond motifs is 24. The van der Waals surface area contributed by atoms with Gasteiger partial charge in [0.1, 0.15) is 0 Å². The highest BCUT2D eigenvalue weighted by Crippen LogP contribution is 2.43. The van der Waals surface area contributed by atoms with Gasteiger partial charge in [0, 0.05) is 161 Å². The van der Waals surface area contributed by atoms with Gasteiger partial charge in [-0.05, 0) is 214 Å². The molecule has 0 amide bonds. The van der Waals surface area contributed by atoms with Crippen LogP contribution in [-0.2, 0) is 0 Å². The van der Waals surface area contributed by atoms with Gasteiger partial charge in [-0.15, -0.1) is 90.7 Å². The molecule has 8 heteroatoms. The zero-order chi connectivity index (χ0) is 96.8. The van der Waals surface area contributed by atoms with Crippen LogP contribution in [0, 0.1) is 83.1 Å². The van der Waals surface area contributed by atoms with Crippen molar-refractivity contribution in [1.29, 1.82) is 0 Å². The van der Waals surface area contributed by atoms with Gasteiger partial charge in [-0.25, -0.2) is 0 Å². The van der Waals surface area contributed by atoms with E-state index in [1.54, 1.807) is 0 Å². The minimum atomic E-state index is 1.32. The molecule has 0 aliphatic rings. The second kappa shape index (κ2) is 47.2. The van der Waals surface area contributed by atoms with Crippen molar-refractivity contribution < 1.29 is 0 Å². The van der Waals surface area contributed by atoms with Crippen LogP contribution in [0.25, 0.3) is 161 Å². The summed E-state index contributed by atoms with van der Waals surface area (Å²) in [5, 5.41) is 22.3. The molecule has 688 valence electrons. The van der Waals surface area contributed by atoms with Crippen molar-refractivity contribution in [2.45, 2.75) is 83.1 Å². The van der Waals surface area contributed by atoms with Crippen LogP contribution in [0.5, 0.6) is 0 Å². The minimum Gasteiger partial charge on any atom is -0.135 e. The van der Waals surface area contributed by atoms with E-state index in [1.165, 1.54) is 228 Å². The first-order valence-electron chi connectivity index (χ1n) is 47.5. The molecule has 0 saturated heterocycles. The molecule has 0 aliphatic carbocycles. The molecule has 0 unspecified atom stereocenters. The normalized spacial score (nSPS) is 10.7. The summed E-state index contributed by atoms with van der Waals surface area (Å²) < 4.78 is 22.3. The monoisotopic (exact) mass is 1950 g/mol. The van der Waals surface area contributed by atoms with Crippen molar-refractivity contribution in [3.05, 3.63) is 528 Å². The highest BCUT2D eigenvalue weighted by molar-refractivity contribution is 7.28. The summed E-state index contributed by atoms with van der Waals surface area (Å²) >= 11 is 15.0. The second-order valence-corrected chi connectivity index (χ2v) is 43.8. The number of benzene rings is 20. The third-order valence-corrected chi connectivity index (χ3v) is 33.8. The first kappa shape index (κ1) is 97.8. The Hall–Kier alpha value is -13.8. The minimum absolute atomic E-state index is 1.32. The largest absolute Gasteiger partial charge is 0.135 e. The number of hydrogen-bond donors (Lipinski definition) is 0. The Balaban J connectivity index is 0.000000106. The molecule has 28 rings (SSSR count). The lowest BCUT2D eigenvalue weighted by Gasteiger charge is -1.95. The van der Waals surface area contributed by atoms with E-state index in [0.29, 0.717) is 0 Å². The van der Waals surface area contributed by atoms with Crippen LogP contribution in [0.3, 0.4) is 0 Å². The molecule has 8 aromatic heterocycles. The van der Waals surface area contributed by atoms with Crippen molar-refractivity contribution in [2.24, 2.45) is 0 Å². The third kappa shape index (κ3) is 24.3.